The molecule has 1 aliphatic rings. The fraction of sp³-hybridized carbons (Fsp3) is 0.333. The number of hydrogen-bond donors (Lipinski definition) is 2. The van der Waals surface area contributed by atoms with Gasteiger partial charge in [0.2, 0.25) is 0 Å². The third kappa shape index (κ3) is 5.47. The van der Waals surface area contributed by atoms with Crippen molar-refractivity contribution in [3.63, 3.8) is 0 Å². The van der Waals surface area contributed by atoms with Crippen LogP contribution in [0.4, 0.5) is 5.69 Å². The minimum Gasteiger partial charge on any atom is -0.464 e. The molecule has 0 aliphatic carbocycles. The van der Waals surface area contributed by atoms with Gasteiger partial charge in [-0.15, -0.1) is 24.8 Å². The molecular formula is C21H27Cl2N3O3S. The van der Waals surface area contributed by atoms with E-state index in [1.165, 1.54) is 0 Å². The number of sulfonamides is 1. The van der Waals surface area contributed by atoms with Crippen molar-refractivity contribution in [2.75, 3.05) is 30.9 Å². The lowest BCUT2D eigenvalue weighted by molar-refractivity contribution is 0.284. The smallest absolute Gasteiger partial charge is 0.262 e. The van der Waals surface area contributed by atoms with E-state index in [0.717, 1.165) is 61.2 Å². The summed E-state index contributed by atoms with van der Waals surface area (Å²) in [5.74, 6) is 0. The summed E-state index contributed by atoms with van der Waals surface area (Å²) in [7, 11) is -3.66. The van der Waals surface area contributed by atoms with Gasteiger partial charge in [0.1, 0.15) is 5.58 Å². The average molecular weight is 472 g/mol. The lowest BCUT2D eigenvalue weighted by Crippen LogP contribution is -2.27. The molecule has 3 aromatic rings. The molecule has 4 rings (SSSR count). The van der Waals surface area contributed by atoms with Gasteiger partial charge in [0.05, 0.1) is 16.8 Å². The lowest BCUT2D eigenvalue weighted by Gasteiger charge is -2.20. The first kappa shape index (κ1) is 24.5. The predicted molar refractivity (Wildman–Crippen MR) is 125 cm³/mol. The highest BCUT2D eigenvalue weighted by molar-refractivity contribution is 7.92. The number of rotatable bonds is 5. The van der Waals surface area contributed by atoms with Crippen molar-refractivity contribution in [1.82, 2.24) is 10.2 Å². The van der Waals surface area contributed by atoms with E-state index >= 15 is 0 Å². The Morgan fingerprint density at radius 2 is 1.90 bits per heavy atom. The minimum atomic E-state index is -3.66. The molecule has 2 heterocycles. The standard InChI is InChI=1S/C21H25N3O3S.2ClH/c1-16-5-2-3-6-20(16)28(25,26)23-19-13-17-7-12-27-21(17)18(14-19)15-24-10-4-8-22-9-11-24;;/h2-3,5-7,12-14,22-23H,4,8-11,15H2,1H3;2*1H. The Hall–Kier alpha value is -1.77. The van der Waals surface area contributed by atoms with E-state index in [9.17, 15) is 8.42 Å². The zero-order chi connectivity index (χ0) is 19.6. The molecule has 30 heavy (non-hydrogen) atoms. The van der Waals surface area contributed by atoms with Crippen LogP contribution >= 0.6 is 24.8 Å². The van der Waals surface area contributed by atoms with Crippen molar-refractivity contribution in [3.05, 3.63) is 59.9 Å². The first-order valence-electron chi connectivity index (χ1n) is 9.54. The largest absolute Gasteiger partial charge is 0.464 e. The summed E-state index contributed by atoms with van der Waals surface area (Å²) in [5, 5.41) is 4.30. The van der Waals surface area contributed by atoms with Crippen LogP contribution in [0, 0.1) is 6.92 Å². The second-order valence-electron chi connectivity index (χ2n) is 7.23. The van der Waals surface area contributed by atoms with E-state index in [0.29, 0.717) is 10.6 Å². The number of nitrogens with one attached hydrogen (secondary N) is 2. The quantitative estimate of drug-likeness (QED) is 0.583. The molecule has 0 amide bonds. The molecule has 0 atom stereocenters. The van der Waals surface area contributed by atoms with E-state index in [1.807, 2.05) is 24.3 Å². The molecule has 1 fully saturated rings. The Labute approximate surface area is 189 Å². The number of benzene rings is 2. The summed E-state index contributed by atoms with van der Waals surface area (Å²) < 4.78 is 34.2. The minimum absolute atomic E-state index is 0. The molecule has 2 N–H and O–H groups in total. The molecule has 164 valence electrons. The van der Waals surface area contributed by atoms with Gasteiger partial charge in [0.15, 0.2) is 0 Å². The molecule has 0 saturated carbocycles. The number of aryl methyl sites for hydroxylation is 1. The van der Waals surface area contributed by atoms with Crippen LogP contribution in [-0.4, -0.2) is 39.5 Å². The van der Waals surface area contributed by atoms with Gasteiger partial charge < -0.3 is 9.73 Å². The summed E-state index contributed by atoms with van der Waals surface area (Å²) in [6.07, 6.45) is 2.75. The van der Waals surface area contributed by atoms with Crippen LogP contribution in [0.2, 0.25) is 0 Å². The Kier molecular flexibility index (Phi) is 8.58. The molecule has 0 unspecified atom stereocenters. The van der Waals surface area contributed by atoms with Gasteiger partial charge in [0, 0.05) is 30.6 Å². The Morgan fingerprint density at radius 1 is 1.10 bits per heavy atom. The van der Waals surface area contributed by atoms with Crippen LogP contribution in [0.15, 0.2) is 58.0 Å². The third-order valence-electron chi connectivity index (χ3n) is 5.09. The Balaban J connectivity index is 0.00000160. The molecule has 1 aliphatic heterocycles. The monoisotopic (exact) mass is 471 g/mol. The van der Waals surface area contributed by atoms with Crippen LogP contribution in [0.3, 0.4) is 0 Å². The van der Waals surface area contributed by atoms with E-state index in [4.69, 9.17) is 4.42 Å². The van der Waals surface area contributed by atoms with Crippen molar-refractivity contribution < 1.29 is 12.8 Å². The van der Waals surface area contributed by atoms with Crippen LogP contribution in [-0.2, 0) is 16.6 Å². The second-order valence-corrected chi connectivity index (χ2v) is 8.88. The van der Waals surface area contributed by atoms with E-state index in [-0.39, 0.29) is 24.8 Å². The van der Waals surface area contributed by atoms with Crippen molar-refractivity contribution in [2.45, 2.75) is 24.8 Å². The molecular weight excluding hydrogens is 445 g/mol. The van der Waals surface area contributed by atoms with E-state index in [2.05, 4.69) is 14.9 Å². The van der Waals surface area contributed by atoms with Crippen LogP contribution in [0.5, 0.6) is 0 Å². The summed E-state index contributed by atoms with van der Waals surface area (Å²) in [6.45, 7) is 6.48. The number of hydrogen-bond acceptors (Lipinski definition) is 5. The second kappa shape index (κ2) is 10.5. The van der Waals surface area contributed by atoms with Gasteiger partial charge in [0.25, 0.3) is 10.0 Å². The number of nitrogens with zero attached hydrogens (tertiary/aromatic N) is 1. The molecule has 1 saturated heterocycles. The van der Waals surface area contributed by atoms with Gasteiger partial charge in [-0.25, -0.2) is 8.42 Å². The van der Waals surface area contributed by atoms with Crippen molar-refractivity contribution in [1.29, 1.82) is 0 Å². The number of furan rings is 1. The van der Waals surface area contributed by atoms with Gasteiger partial charge in [-0.05, 0) is 56.3 Å². The molecule has 6 nitrogen and oxygen atoms in total. The van der Waals surface area contributed by atoms with E-state index in [1.54, 1.807) is 31.4 Å². The third-order valence-corrected chi connectivity index (χ3v) is 6.63. The Bertz CT molecular complexity index is 1080. The first-order chi connectivity index (χ1) is 13.5. The van der Waals surface area contributed by atoms with Crippen molar-refractivity contribution >= 4 is 51.5 Å². The molecule has 1 aromatic heterocycles. The number of anilines is 1. The highest BCUT2D eigenvalue weighted by atomic mass is 35.5. The summed E-state index contributed by atoms with van der Waals surface area (Å²) in [6, 6.07) is 12.6. The maximum Gasteiger partial charge on any atom is 0.262 e. The summed E-state index contributed by atoms with van der Waals surface area (Å²) >= 11 is 0. The molecule has 0 spiro atoms. The van der Waals surface area contributed by atoms with Crippen LogP contribution < -0.4 is 10.0 Å². The van der Waals surface area contributed by atoms with Gasteiger partial charge in [-0.1, -0.05) is 18.2 Å². The summed E-state index contributed by atoms with van der Waals surface area (Å²) in [4.78, 5) is 2.67. The highest BCUT2D eigenvalue weighted by Crippen LogP contribution is 2.28. The normalized spacial score (nSPS) is 15.1. The van der Waals surface area contributed by atoms with Gasteiger partial charge >= 0.3 is 0 Å². The van der Waals surface area contributed by atoms with E-state index < -0.39 is 10.0 Å². The van der Waals surface area contributed by atoms with Crippen LogP contribution in [0.25, 0.3) is 11.0 Å². The molecule has 2 aromatic carbocycles. The van der Waals surface area contributed by atoms with Gasteiger partial charge in [-0.3, -0.25) is 9.62 Å². The summed E-state index contributed by atoms with van der Waals surface area (Å²) in [5.41, 5.74) is 3.08. The maximum absolute atomic E-state index is 12.9. The van der Waals surface area contributed by atoms with Crippen molar-refractivity contribution in [3.8, 4) is 0 Å². The SMILES string of the molecule is Cc1ccccc1S(=O)(=O)Nc1cc(CN2CCCNCC2)c2occc2c1.Cl.Cl. The average Bonchev–Trinajstić information content (AvgIpc) is 2.98. The Morgan fingerprint density at radius 3 is 2.70 bits per heavy atom. The fourth-order valence-corrected chi connectivity index (χ4v) is 4.99. The predicted octanol–water partition coefficient (Wildman–Crippen LogP) is 4.18. The fourth-order valence-electron chi connectivity index (χ4n) is 3.70. The first-order valence-corrected chi connectivity index (χ1v) is 11.0. The lowest BCUT2D eigenvalue weighted by atomic mass is 10.1. The van der Waals surface area contributed by atoms with Crippen molar-refractivity contribution in [2.24, 2.45) is 0 Å². The van der Waals surface area contributed by atoms with Gasteiger partial charge in [-0.2, -0.15) is 0 Å². The zero-order valence-corrected chi connectivity index (χ0v) is 19.2. The maximum atomic E-state index is 12.9. The molecule has 9 heteroatoms. The highest BCUT2D eigenvalue weighted by Gasteiger charge is 2.19. The topological polar surface area (TPSA) is 74.6 Å². The molecule has 0 bridgehead atoms. The van der Waals surface area contributed by atoms with Crippen LogP contribution in [0.1, 0.15) is 17.5 Å². The number of halogens is 2. The zero-order valence-electron chi connectivity index (χ0n) is 16.8. The number of fused-ring (bicyclic) bond motifs is 1. The molecule has 0 radical (unpaired) electrons.